The van der Waals surface area contributed by atoms with Crippen molar-refractivity contribution in [1.29, 1.82) is 0 Å². The van der Waals surface area contributed by atoms with Crippen LogP contribution in [0.2, 0.25) is 0 Å². The Labute approximate surface area is 197 Å². The van der Waals surface area contributed by atoms with Crippen LogP contribution in [0.25, 0.3) is 10.8 Å². The average Bonchev–Trinajstić information content (AvgIpc) is 3.25. The zero-order valence-corrected chi connectivity index (χ0v) is 19.1. The highest BCUT2D eigenvalue weighted by Gasteiger charge is 2.34. The van der Waals surface area contributed by atoms with Crippen LogP contribution in [0.4, 0.5) is 11.4 Å². The maximum absolute atomic E-state index is 12.9. The van der Waals surface area contributed by atoms with Crippen molar-refractivity contribution in [2.75, 3.05) is 16.0 Å². The molecule has 0 aliphatic carbocycles. The molecular weight excluding hydrogens is 428 g/mol. The van der Waals surface area contributed by atoms with E-state index in [4.69, 9.17) is 0 Å². The van der Waals surface area contributed by atoms with Crippen LogP contribution in [-0.2, 0) is 11.2 Å². The minimum Gasteiger partial charge on any atom is -0.322 e. The third kappa shape index (κ3) is 4.24. The molecule has 1 fully saturated rings. The molecule has 0 bridgehead atoms. The van der Waals surface area contributed by atoms with Gasteiger partial charge in [-0.1, -0.05) is 67.6 Å². The predicted octanol–water partition coefficient (Wildman–Crippen LogP) is 6.43. The van der Waals surface area contributed by atoms with E-state index in [-0.39, 0.29) is 17.2 Å². The van der Waals surface area contributed by atoms with Crippen molar-refractivity contribution in [2.24, 2.45) is 0 Å². The van der Waals surface area contributed by atoms with Crippen molar-refractivity contribution in [3.63, 3.8) is 0 Å². The summed E-state index contributed by atoms with van der Waals surface area (Å²) in [6, 6.07) is 29.6. The van der Waals surface area contributed by atoms with Gasteiger partial charge in [-0.25, -0.2) is 0 Å². The molecule has 4 aromatic rings. The molecule has 0 radical (unpaired) electrons. The number of nitrogens with zero attached hydrogens (tertiary/aromatic N) is 1. The lowest BCUT2D eigenvalue weighted by atomic mass is 10.0. The van der Waals surface area contributed by atoms with Crippen molar-refractivity contribution < 1.29 is 9.59 Å². The molecule has 164 valence electrons. The smallest absolute Gasteiger partial charge is 0.256 e. The maximum atomic E-state index is 12.9. The van der Waals surface area contributed by atoms with Gasteiger partial charge < -0.3 is 5.32 Å². The number of aryl methyl sites for hydroxylation is 1. The van der Waals surface area contributed by atoms with Crippen LogP contribution in [0.15, 0.2) is 91.0 Å². The molecular formula is C28H24N2O2S. The highest BCUT2D eigenvalue weighted by atomic mass is 32.2. The third-order valence-electron chi connectivity index (χ3n) is 5.98. The monoisotopic (exact) mass is 452 g/mol. The molecule has 0 unspecified atom stereocenters. The van der Waals surface area contributed by atoms with Crippen LogP contribution in [-0.4, -0.2) is 17.6 Å². The van der Waals surface area contributed by atoms with Gasteiger partial charge in [-0.15, -0.1) is 11.8 Å². The number of nitrogens with one attached hydrogen (secondary N) is 1. The lowest BCUT2D eigenvalue weighted by molar-refractivity contribution is -0.115. The van der Waals surface area contributed by atoms with Crippen molar-refractivity contribution in [3.8, 4) is 0 Å². The van der Waals surface area contributed by atoms with Crippen LogP contribution in [0, 0.1) is 0 Å². The Hall–Kier alpha value is -3.57. The molecule has 1 heterocycles. The van der Waals surface area contributed by atoms with Gasteiger partial charge in [0.2, 0.25) is 5.91 Å². The fourth-order valence-corrected chi connectivity index (χ4v) is 5.37. The number of hydrogen-bond acceptors (Lipinski definition) is 3. The van der Waals surface area contributed by atoms with E-state index in [1.807, 2.05) is 83.8 Å². The number of hydrogen-bond donors (Lipinski definition) is 1. The van der Waals surface area contributed by atoms with Crippen molar-refractivity contribution in [1.82, 2.24) is 0 Å². The van der Waals surface area contributed by atoms with E-state index in [1.54, 1.807) is 11.8 Å². The van der Waals surface area contributed by atoms with Gasteiger partial charge in [0.25, 0.3) is 5.91 Å². The van der Waals surface area contributed by atoms with E-state index in [0.29, 0.717) is 11.3 Å². The van der Waals surface area contributed by atoms with Crippen LogP contribution in [0.1, 0.15) is 33.8 Å². The molecule has 1 atom stereocenters. The first kappa shape index (κ1) is 21.3. The van der Waals surface area contributed by atoms with Crippen LogP contribution < -0.4 is 10.2 Å². The van der Waals surface area contributed by atoms with Crippen LogP contribution >= 0.6 is 11.8 Å². The summed E-state index contributed by atoms with van der Waals surface area (Å²) >= 11 is 1.62. The molecule has 4 nitrogen and oxygen atoms in total. The van der Waals surface area contributed by atoms with E-state index in [9.17, 15) is 9.59 Å². The summed E-state index contributed by atoms with van der Waals surface area (Å²) in [5.74, 6) is 0.435. The quantitative estimate of drug-likeness (QED) is 0.379. The molecule has 1 aliphatic heterocycles. The Bertz CT molecular complexity index is 1310. The molecule has 0 saturated carbocycles. The average molecular weight is 453 g/mol. The molecule has 5 rings (SSSR count). The van der Waals surface area contributed by atoms with Crippen molar-refractivity contribution in [3.05, 3.63) is 108 Å². The molecule has 0 aromatic heterocycles. The number of thioether (sulfide) groups is 1. The number of fused-ring (bicyclic) bond motifs is 1. The molecule has 33 heavy (non-hydrogen) atoms. The molecule has 2 amide bonds. The van der Waals surface area contributed by atoms with Gasteiger partial charge in [-0.2, -0.15) is 0 Å². The van der Waals surface area contributed by atoms with E-state index >= 15 is 0 Å². The number of amides is 2. The molecule has 0 spiro atoms. The number of carbonyl (C=O) groups is 2. The van der Waals surface area contributed by atoms with Gasteiger partial charge in [0.15, 0.2) is 0 Å². The first-order chi connectivity index (χ1) is 16.1. The minimum absolute atomic E-state index is 0.0761. The minimum atomic E-state index is -0.136. The fourth-order valence-electron chi connectivity index (χ4n) is 4.19. The Balaban J connectivity index is 1.35. The Morgan fingerprint density at radius 3 is 2.42 bits per heavy atom. The highest BCUT2D eigenvalue weighted by Crippen LogP contribution is 2.42. The lowest BCUT2D eigenvalue weighted by Gasteiger charge is -2.24. The first-order valence-corrected chi connectivity index (χ1v) is 12.1. The first-order valence-electron chi connectivity index (χ1n) is 11.1. The summed E-state index contributed by atoms with van der Waals surface area (Å²) in [7, 11) is 0. The summed E-state index contributed by atoms with van der Waals surface area (Å²) in [4.78, 5) is 27.4. The molecule has 5 heteroatoms. The topological polar surface area (TPSA) is 49.4 Å². The number of carbonyl (C=O) groups excluding carboxylic acids is 2. The Kier molecular flexibility index (Phi) is 5.88. The lowest BCUT2D eigenvalue weighted by Crippen LogP contribution is -2.27. The third-order valence-corrected chi connectivity index (χ3v) is 7.19. The highest BCUT2D eigenvalue weighted by molar-refractivity contribution is 8.00. The maximum Gasteiger partial charge on any atom is 0.256 e. The van der Waals surface area contributed by atoms with Gasteiger partial charge in [0.1, 0.15) is 5.37 Å². The van der Waals surface area contributed by atoms with Gasteiger partial charge >= 0.3 is 0 Å². The zero-order valence-electron chi connectivity index (χ0n) is 18.3. The molecule has 4 aromatic carbocycles. The summed E-state index contributed by atoms with van der Waals surface area (Å²) in [6.07, 6.45) is 0.971. The van der Waals surface area contributed by atoms with Gasteiger partial charge in [0.05, 0.1) is 5.75 Å². The Morgan fingerprint density at radius 2 is 1.67 bits per heavy atom. The van der Waals surface area contributed by atoms with E-state index in [0.717, 1.165) is 34.1 Å². The van der Waals surface area contributed by atoms with Crippen LogP contribution in [0.3, 0.4) is 0 Å². The fraction of sp³-hybridized carbons (Fsp3) is 0.143. The van der Waals surface area contributed by atoms with Gasteiger partial charge in [-0.05, 0) is 58.7 Å². The number of anilines is 2. The predicted molar refractivity (Wildman–Crippen MR) is 137 cm³/mol. The summed E-state index contributed by atoms with van der Waals surface area (Å²) < 4.78 is 0. The normalized spacial score (nSPS) is 15.7. The molecule has 1 aliphatic rings. The molecule has 1 saturated heterocycles. The summed E-state index contributed by atoms with van der Waals surface area (Å²) in [5, 5.41) is 4.90. The zero-order chi connectivity index (χ0) is 22.8. The van der Waals surface area contributed by atoms with Gasteiger partial charge in [-0.3, -0.25) is 14.5 Å². The number of rotatable bonds is 5. The summed E-state index contributed by atoms with van der Waals surface area (Å²) in [6.45, 7) is 2.12. The van der Waals surface area contributed by atoms with E-state index in [1.165, 1.54) is 5.56 Å². The Morgan fingerprint density at radius 1 is 0.939 bits per heavy atom. The van der Waals surface area contributed by atoms with Crippen molar-refractivity contribution in [2.45, 2.75) is 18.7 Å². The van der Waals surface area contributed by atoms with E-state index in [2.05, 4.69) is 24.4 Å². The number of benzene rings is 4. The largest absolute Gasteiger partial charge is 0.322 e. The SMILES string of the molecule is CCc1ccc(N2C(=O)CS[C@@H]2c2ccc(NC(=O)c3cccc4ccccc34)cc2)cc1. The second kappa shape index (κ2) is 9.12. The second-order valence-corrected chi connectivity index (χ2v) is 9.12. The van der Waals surface area contributed by atoms with E-state index < -0.39 is 0 Å². The molecule has 1 N–H and O–H groups in total. The summed E-state index contributed by atoms with van der Waals surface area (Å²) in [5.41, 5.74) is 4.58. The van der Waals surface area contributed by atoms with Crippen LogP contribution in [0.5, 0.6) is 0 Å². The second-order valence-electron chi connectivity index (χ2n) is 8.05. The standard InChI is InChI=1S/C28H24N2O2S/c1-2-19-10-16-23(17-11-19)30-26(31)18-33-28(30)21-12-14-22(15-13-21)29-27(32)25-9-5-7-20-6-3-4-8-24(20)25/h3-17,28H,2,18H2,1H3,(H,29,32)/t28-/m1/s1. The van der Waals surface area contributed by atoms with Gasteiger partial charge in [0, 0.05) is 16.9 Å². The van der Waals surface area contributed by atoms with Crippen molar-refractivity contribution >= 4 is 45.7 Å².